The summed E-state index contributed by atoms with van der Waals surface area (Å²) < 4.78 is 15.3. The molecule has 6 aromatic carbocycles. The molecule has 4 heteroatoms. The second-order valence-electron chi connectivity index (χ2n) is 14.3. The number of hydrogen-bond donors (Lipinski definition) is 0. The van der Waals surface area contributed by atoms with E-state index in [1.54, 1.807) is 0 Å². The Morgan fingerprint density at radius 2 is 0.654 bits per heavy atom. The first-order chi connectivity index (χ1) is 25.7. The molecule has 0 radical (unpaired) electrons. The standard InChI is InChI=1S/C48H42N2O2/c1-8-22-36(23-9-1)42-47(38-26-12-3-13-27-38,39-28-14-4-15-29-39)51-44(49-42)46(34-20-7-21-35-46)45-50-43(37-24-10-2-11-25-37)48(52-45,40-30-16-5-17-31-40)41-32-18-6-19-33-41/h1-6,8-19,22-33,42-43H,7,20-21,34-35H2/t42-,43-/m0/s1. The maximum Gasteiger partial charge on any atom is 0.201 e. The van der Waals surface area contributed by atoms with Gasteiger partial charge in [0.15, 0.2) is 11.2 Å². The molecule has 52 heavy (non-hydrogen) atoms. The topological polar surface area (TPSA) is 43.2 Å². The molecule has 0 bridgehead atoms. The van der Waals surface area contributed by atoms with Crippen LogP contribution in [0.1, 0.15) is 77.6 Å². The van der Waals surface area contributed by atoms with E-state index in [0.29, 0.717) is 0 Å². The van der Waals surface area contributed by atoms with Crippen LogP contribution in [0.25, 0.3) is 0 Å². The second-order valence-corrected chi connectivity index (χ2v) is 14.3. The van der Waals surface area contributed by atoms with Crippen molar-refractivity contribution in [1.29, 1.82) is 0 Å². The van der Waals surface area contributed by atoms with Gasteiger partial charge in [-0.1, -0.05) is 201 Å². The molecule has 1 fully saturated rings. The molecule has 2 heterocycles. The molecule has 9 rings (SSSR count). The van der Waals surface area contributed by atoms with Gasteiger partial charge in [0.2, 0.25) is 11.8 Å². The minimum absolute atomic E-state index is 0.327. The summed E-state index contributed by atoms with van der Waals surface area (Å²) in [7, 11) is 0. The molecule has 0 saturated heterocycles. The number of rotatable bonds is 8. The minimum atomic E-state index is -0.891. The highest BCUT2D eigenvalue weighted by molar-refractivity contribution is 6.07. The zero-order valence-corrected chi connectivity index (χ0v) is 29.2. The quantitative estimate of drug-likeness (QED) is 0.161. The van der Waals surface area contributed by atoms with Crippen LogP contribution in [0, 0.1) is 5.41 Å². The van der Waals surface area contributed by atoms with E-state index in [1.807, 2.05) is 0 Å². The third kappa shape index (κ3) is 5.20. The number of nitrogens with zero attached hydrogens (tertiary/aromatic N) is 2. The van der Waals surface area contributed by atoms with Crippen LogP contribution in [-0.2, 0) is 20.7 Å². The first kappa shape index (κ1) is 32.2. The molecule has 0 unspecified atom stereocenters. The molecule has 0 amide bonds. The Kier molecular flexibility index (Phi) is 8.31. The van der Waals surface area contributed by atoms with Crippen molar-refractivity contribution < 1.29 is 9.47 Å². The van der Waals surface area contributed by atoms with Gasteiger partial charge in [0, 0.05) is 22.3 Å². The summed E-state index contributed by atoms with van der Waals surface area (Å²) in [5.41, 5.74) is 4.05. The van der Waals surface area contributed by atoms with Crippen LogP contribution in [-0.4, -0.2) is 11.8 Å². The lowest BCUT2D eigenvalue weighted by atomic mass is 9.73. The summed E-state index contributed by atoms with van der Waals surface area (Å²) in [5.74, 6) is 1.44. The maximum atomic E-state index is 7.65. The summed E-state index contributed by atoms with van der Waals surface area (Å²) in [6.45, 7) is 0. The first-order valence-electron chi connectivity index (χ1n) is 18.6. The van der Waals surface area contributed by atoms with E-state index in [4.69, 9.17) is 19.5 Å². The molecule has 1 aliphatic carbocycles. The SMILES string of the molecule is c1ccc([C@@H]2N=C(C3(C4=N[C@@H](c5ccccc5)C(c5ccccc5)(c5ccccc5)O4)CCCCC3)OC2(c2ccccc2)c2ccccc2)cc1. The Morgan fingerprint density at radius 1 is 0.365 bits per heavy atom. The van der Waals surface area contributed by atoms with Crippen molar-refractivity contribution in [2.45, 2.75) is 55.4 Å². The van der Waals surface area contributed by atoms with E-state index in [2.05, 4.69) is 182 Å². The highest BCUT2D eigenvalue weighted by atomic mass is 16.5. The van der Waals surface area contributed by atoms with Crippen LogP contribution in [0.5, 0.6) is 0 Å². The van der Waals surface area contributed by atoms with Crippen molar-refractivity contribution in [2.24, 2.45) is 15.4 Å². The van der Waals surface area contributed by atoms with Gasteiger partial charge >= 0.3 is 0 Å². The molecule has 0 aromatic heterocycles. The van der Waals surface area contributed by atoms with Gasteiger partial charge in [-0.3, -0.25) is 0 Å². The summed E-state index contributed by atoms with van der Waals surface area (Å²) in [5, 5.41) is 0. The van der Waals surface area contributed by atoms with Gasteiger partial charge in [-0.05, 0) is 24.0 Å². The number of hydrogen-bond acceptors (Lipinski definition) is 4. The van der Waals surface area contributed by atoms with Crippen molar-refractivity contribution in [3.63, 3.8) is 0 Å². The van der Waals surface area contributed by atoms with Gasteiger partial charge in [-0.15, -0.1) is 0 Å². The Labute approximate surface area is 306 Å². The van der Waals surface area contributed by atoms with Gasteiger partial charge in [-0.2, -0.15) is 0 Å². The van der Waals surface area contributed by atoms with Crippen LogP contribution in [0.3, 0.4) is 0 Å². The van der Waals surface area contributed by atoms with E-state index < -0.39 is 16.6 Å². The van der Waals surface area contributed by atoms with E-state index in [-0.39, 0.29) is 12.1 Å². The molecule has 3 aliphatic rings. The highest BCUT2D eigenvalue weighted by Crippen LogP contribution is 2.58. The molecular formula is C48H42N2O2. The normalized spacial score (nSPS) is 21.3. The lowest BCUT2D eigenvalue weighted by Gasteiger charge is -2.41. The fraction of sp³-hybridized carbons (Fsp3) is 0.208. The molecule has 1 saturated carbocycles. The molecule has 256 valence electrons. The lowest BCUT2D eigenvalue weighted by molar-refractivity contribution is 0.0633. The number of benzene rings is 6. The third-order valence-corrected chi connectivity index (χ3v) is 11.3. The van der Waals surface area contributed by atoms with Gasteiger partial charge in [0.05, 0.1) is 0 Å². The van der Waals surface area contributed by atoms with Crippen molar-refractivity contribution >= 4 is 11.8 Å². The van der Waals surface area contributed by atoms with Crippen LogP contribution >= 0.6 is 0 Å². The van der Waals surface area contributed by atoms with Crippen molar-refractivity contribution in [1.82, 2.24) is 0 Å². The van der Waals surface area contributed by atoms with Crippen molar-refractivity contribution in [2.75, 3.05) is 0 Å². The smallest absolute Gasteiger partial charge is 0.201 e. The lowest BCUT2D eigenvalue weighted by Crippen LogP contribution is -2.46. The predicted octanol–water partition coefficient (Wildman–Crippen LogP) is 11.2. The molecule has 2 atom stereocenters. The Hall–Kier alpha value is -5.74. The van der Waals surface area contributed by atoms with Crippen molar-refractivity contribution in [3.05, 3.63) is 215 Å². The highest BCUT2D eigenvalue weighted by Gasteiger charge is 2.61. The van der Waals surface area contributed by atoms with E-state index in [1.165, 1.54) is 0 Å². The van der Waals surface area contributed by atoms with E-state index >= 15 is 0 Å². The maximum absolute atomic E-state index is 7.65. The van der Waals surface area contributed by atoms with E-state index in [0.717, 1.165) is 77.3 Å². The van der Waals surface area contributed by atoms with E-state index in [9.17, 15) is 0 Å². The van der Waals surface area contributed by atoms with Gasteiger partial charge in [0.1, 0.15) is 17.5 Å². The van der Waals surface area contributed by atoms with Crippen LogP contribution in [0.2, 0.25) is 0 Å². The number of ether oxygens (including phenoxy) is 2. The van der Waals surface area contributed by atoms with Crippen LogP contribution in [0.15, 0.2) is 192 Å². The molecule has 2 aliphatic heterocycles. The molecule has 4 nitrogen and oxygen atoms in total. The van der Waals surface area contributed by atoms with Gasteiger partial charge < -0.3 is 9.47 Å². The predicted molar refractivity (Wildman–Crippen MR) is 208 cm³/mol. The third-order valence-electron chi connectivity index (χ3n) is 11.3. The average Bonchev–Trinajstić information content (AvgIpc) is 3.86. The fourth-order valence-corrected chi connectivity index (χ4v) is 8.84. The van der Waals surface area contributed by atoms with Crippen molar-refractivity contribution in [3.8, 4) is 0 Å². The van der Waals surface area contributed by atoms with Gasteiger partial charge in [0.25, 0.3) is 0 Å². The summed E-state index contributed by atoms with van der Waals surface area (Å²) in [6.07, 6.45) is 4.89. The fourth-order valence-electron chi connectivity index (χ4n) is 8.84. The summed E-state index contributed by atoms with van der Waals surface area (Å²) >= 11 is 0. The molecular weight excluding hydrogens is 637 g/mol. The average molecular weight is 679 g/mol. The Bertz CT molecular complexity index is 1930. The minimum Gasteiger partial charge on any atom is -0.461 e. The van der Waals surface area contributed by atoms with Crippen LogP contribution < -0.4 is 0 Å². The largest absolute Gasteiger partial charge is 0.461 e. The van der Waals surface area contributed by atoms with Crippen LogP contribution in [0.4, 0.5) is 0 Å². The zero-order chi connectivity index (χ0) is 34.9. The number of aliphatic imine (C=N–C) groups is 2. The second kappa shape index (κ2) is 13.4. The summed E-state index contributed by atoms with van der Waals surface area (Å²) in [6, 6.07) is 63.1. The Balaban J connectivity index is 1.27. The first-order valence-corrected chi connectivity index (χ1v) is 18.6. The van der Waals surface area contributed by atoms with Gasteiger partial charge in [-0.25, -0.2) is 9.98 Å². The zero-order valence-electron chi connectivity index (χ0n) is 29.2. The monoisotopic (exact) mass is 678 g/mol. The molecule has 0 spiro atoms. The Morgan fingerprint density at radius 3 is 0.962 bits per heavy atom. The molecule has 6 aromatic rings. The molecule has 0 N–H and O–H groups in total. The summed E-state index contributed by atoms with van der Waals surface area (Å²) in [4.78, 5) is 11.5.